The number of hydrogen-bond acceptors (Lipinski definition) is 6. The van der Waals surface area contributed by atoms with E-state index in [1.54, 1.807) is 42.8 Å². The lowest BCUT2D eigenvalue weighted by atomic mass is 10.2. The zero-order chi connectivity index (χ0) is 23.4. The number of carbonyl (C=O) groups excluding carboxylic acids is 2. The molecule has 0 aliphatic rings. The van der Waals surface area contributed by atoms with E-state index in [1.165, 1.54) is 10.8 Å². The highest BCUT2D eigenvalue weighted by atomic mass is 16.5. The summed E-state index contributed by atoms with van der Waals surface area (Å²) in [4.78, 5) is 41.7. The van der Waals surface area contributed by atoms with Crippen molar-refractivity contribution in [1.29, 1.82) is 0 Å². The van der Waals surface area contributed by atoms with E-state index in [4.69, 9.17) is 4.74 Å². The van der Waals surface area contributed by atoms with Crippen LogP contribution in [0.3, 0.4) is 0 Å². The molecule has 1 amide bonds. The summed E-state index contributed by atoms with van der Waals surface area (Å²) >= 11 is 0. The Hall–Kier alpha value is -4.27. The molecule has 9 heteroatoms. The third kappa shape index (κ3) is 4.67. The van der Waals surface area contributed by atoms with E-state index in [0.717, 1.165) is 5.69 Å². The number of nitrogens with one attached hydrogen (secondary N) is 1. The summed E-state index contributed by atoms with van der Waals surface area (Å²) in [5.74, 6) is -0.175. The van der Waals surface area contributed by atoms with Crippen LogP contribution < -0.4 is 10.9 Å². The molecule has 0 bridgehead atoms. The van der Waals surface area contributed by atoms with Gasteiger partial charge in [-0.3, -0.25) is 14.2 Å². The van der Waals surface area contributed by atoms with Crippen LogP contribution in [0, 0.1) is 6.92 Å². The Bertz CT molecular complexity index is 1360. The first-order valence-corrected chi connectivity index (χ1v) is 10.6. The van der Waals surface area contributed by atoms with Crippen molar-refractivity contribution >= 4 is 28.6 Å². The van der Waals surface area contributed by atoms with Gasteiger partial charge in [-0.1, -0.05) is 18.2 Å². The minimum atomic E-state index is -0.413. The number of amides is 1. The van der Waals surface area contributed by atoms with E-state index in [-0.39, 0.29) is 24.4 Å². The second kappa shape index (κ2) is 9.47. The van der Waals surface area contributed by atoms with E-state index < -0.39 is 5.97 Å². The lowest BCUT2D eigenvalue weighted by Crippen LogP contribution is -2.26. The monoisotopic (exact) mass is 445 g/mol. The molecule has 0 saturated carbocycles. The molecule has 0 atom stereocenters. The number of carbonyl (C=O) groups is 2. The smallest absolute Gasteiger partial charge is 0.338 e. The SMILES string of the molecule is CCOC(=O)c1ccc(NC(=O)CCn2c(C)nc3c(cnn3-c3ccccc3)c2=O)cc1. The zero-order valence-corrected chi connectivity index (χ0v) is 18.3. The minimum absolute atomic E-state index is 0.0837. The first kappa shape index (κ1) is 21.9. The first-order valence-electron chi connectivity index (χ1n) is 10.6. The number of aromatic nitrogens is 4. The largest absolute Gasteiger partial charge is 0.462 e. The number of nitrogens with zero attached hydrogens (tertiary/aromatic N) is 4. The number of benzene rings is 2. The van der Waals surface area contributed by atoms with Gasteiger partial charge in [-0.2, -0.15) is 5.10 Å². The average molecular weight is 445 g/mol. The number of aryl methyl sites for hydroxylation is 1. The van der Waals surface area contributed by atoms with Crippen molar-refractivity contribution in [2.75, 3.05) is 11.9 Å². The van der Waals surface area contributed by atoms with E-state index in [9.17, 15) is 14.4 Å². The van der Waals surface area contributed by atoms with Crippen LogP contribution >= 0.6 is 0 Å². The van der Waals surface area contributed by atoms with Crippen LogP contribution in [0.5, 0.6) is 0 Å². The highest BCUT2D eigenvalue weighted by Crippen LogP contribution is 2.15. The van der Waals surface area contributed by atoms with Crippen molar-refractivity contribution in [2.45, 2.75) is 26.8 Å². The molecule has 2 aromatic heterocycles. The molecule has 1 N–H and O–H groups in total. The quantitative estimate of drug-likeness (QED) is 0.438. The van der Waals surface area contributed by atoms with Gasteiger partial charge in [0.05, 0.1) is 24.1 Å². The van der Waals surface area contributed by atoms with Gasteiger partial charge in [-0.05, 0) is 50.2 Å². The summed E-state index contributed by atoms with van der Waals surface area (Å²) in [5, 5.41) is 7.48. The number of para-hydroxylation sites is 1. The van der Waals surface area contributed by atoms with E-state index in [0.29, 0.717) is 34.7 Å². The minimum Gasteiger partial charge on any atom is -0.462 e. The fraction of sp³-hybridized carbons (Fsp3) is 0.208. The molecule has 4 aromatic rings. The van der Waals surface area contributed by atoms with Crippen LogP contribution in [0.2, 0.25) is 0 Å². The van der Waals surface area contributed by atoms with Crippen LogP contribution in [-0.4, -0.2) is 37.8 Å². The van der Waals surface area contributed by atoms with Gasteiger partial charge in [-0.15, -0.1) is 0 Å². The lowest BCUT2D eigenvalue weighted by molar-refractivity contribution is -0.116. The first-order chi connectivity index (χ1) is 16.0. The molecule has 0 aliphatic heterocycles. The van der Waals surface area contributed by atoms with Crippen LogP contribution in [0.15, 0.2) is 65.6 Å². The van der Waals surface area contributed by atoms with Crippen LogP contribution in [0.4, 0.5) is 5.69 Å². The number of hydrogen-bond donors (Lipinski definition) is 1. The van der Waals surface area contributed by atoms with Gasteiger partial charge < -0.3 is 10.1 Å². The highest BCUT2D eigenvalue weighted by molar-refractivity contribution is 5.93. The lowest BCUT2D eigenvalue weighted by Gasteiger charge is -2.11. The van der Waals surface area contributed by atoms with Gasteiger partial charge >= 0.3 is 5.97 Å². The zero-order valence-electron chi connectivity index (χ0n) is 18.3. The number of rotatable bonds is 7. The van der Waals surface area contributed by atoms with Crippen LogP contribution in [0.25, 0.3) is 16.7 Å². The normalized spacial score (nSPS) is 10.8. The Morgan fingerprint density at radius 1 is 1.06 bits per heavy atom. The van der Waals surface area contributed by atoms with Crippen molar-refractivity contribution in [2.24, 2.45) is 0 Å². The van der Waals surface area contributed by atoms with Gasteiger partial charge in [0.2, 0.25) is 5.91 Å². The Kier molecular flexibility index (Phi) is 6.30. The second-order valence-corrected chi connectivity index (χ2v) is 7.34. The Labute approximate surface area is 189 Å². The van der Waals surface area contributed by atoms with Gasteiger partial charge in [-0.25, -0.2) is 14.5 Å². The third-order valence-electron chi connectivity index (χ3n) is 5.12. The molecule has 9 nitrogen and oxygen atoms in total. The molecule has 33 heavy (non-hydrogen) atoms. The molecule has 4 rings (SSSR count). The predicted octanol–water partition coefficient (Wildman–Crippen LogP) is 3.10. The second-order valence-electron chi connectivity index (χ2n) is 7.34. The highest BCUT2D eigenvalue weighted by Gasteiger charge is 2.15. The van der Waals surface area contributed by atoms with E-state index in [2.05, 4.69) is 15.4 Å². The maximum Gasteiger partial charge on any atom is 0.338 e. The number of esters is 1. The summed E-state index contributed by atoms with van der Waals surface area (Å²) in [6.07, 6.45) is 1.58. The van der Waals surface area contributed by atoms with Gasteiger partial charge in [0, 0.05) is 18.7 Å². The molecular weight excluding hydrogens is 422 g/mol. The predicted molar refractivity (Wildman–Crippen MR) is 124 cm³/mol. The van der Waals surface area contributed by atoms with E-state index in [1.807, 2.05) is 30.3 Å². The average Bonchev–Trinajstić information content (AvgIpc) is 3.24. The van der Waals surface area contributed by atoms with Crippen molar-refractivity contribution < 1.29 is 14.3 Å². The molecule has 0 saturated heterocycles. The molecular formula is C24H23N5O4. The maximum atomic E-state index is 13.0. The van der Waals surface area contributed by atoms with Crippen LogP contribution in [-0.2, 0) is 16.1 Å². The summed E-state index contributed by atoms with van der Waals surface area (Å²) in [6, 6.07) is 15.9. The van der Waals surface area contributed by atoms with Crippen LogP contribution in [0.1, 0.15) is 29.5 Å². The number of anilines is 1. The maximum absolute atomic E-state index is 13.0. The molecule has 2 heterocycles. The van der Waals surface area contributed by atoms with E-state index >= 15 is 0 Å². The summed E-state index contributed by atoms with van der Waals surface area (Å²) in [5.41, 5.74) is 2.00. The Morgan fingerprint density at radius 3 is 2.48 bits per heavy atom. The van der Waals surface area contributed by atoms with Gasteiger partial charge in [0.25, 0.3) is 5.56 Å². The fourth-order valence-electron chi connectivity index (χ4n) is 3.47. The Balaban J connectivity index is 1.46. The molecule has 0 spiro atoms. The molecule has 0 fully saturated rings. The topological polar surface area (TPSA) is 108 Å². The van der Waals surface area contributed by atoms with Crippen molar-refractivity contribution in [3.63, 3.8) is 0 Å². The van der Waals surface area contributed by atoms with Crippen molar-refractivity contribution in [3.8, 4) is 5.69 Å². The van der Waals surface area contributed by atoms with Gasteiger partial charge in [0.1, 0.15) is 11.2 Å². The van der Waals surface area contributed by atoms with Crippen molar-refractivity contribution in [1.82, 2.24) is 19.3 Å². The summed E-state index contributed by atoms with van der Waals surface area (Å²) < 4.78 is 8.05. The molecule has 0 aliphatic carbocycles. The number of fused-ring (bicyclic) bond motifs is 1. The summed E-state index contributed by atoms with van der Waals surface area (Å²) in [6.45, 7) is 3.94. The van der Waals surface area contributed by atoms with Gasteiger partial charge in [0.15, 0.2) is 5.65 Å². The third-order valence-corrected chi connectivity index (χ3v) is 5.12. The number of ether oxygens (including phenoxy) is 1. The molecule has 168 valence electrons. The standard InChI is InChI=1S/C24H23N5O4/c1-3-33-24(32)17-9-11-18(12-10-17)27-21(30)13-14-28-16(2)26-22-20(23(28)31)15-25-29(22)19-7-5-4-6-8-19/h4-12,15H,3,13-14H2,1-2H3,(H,27,30). The molecule has 2 aromatic carbocycles. The van der Waals surface area contributed by atoms with Crippen molar-refractivity contribution in [3.05, 3.63) is 82.5 Å². The fourth-order valence-corrected chi connectivity index (χ4v) is 3.47. The molecule has 0 radical (unpaired) electrons. The summed E-state index contributed by atoms with van der Waals surface area (Å²) in [7, 11) is 0. The molecule has 0 unspecified atom stereocenters. The Morgan fingerprint density at radius 2 is 1.79 bits per heavy atom.